The summed E-state index contributed by atoms with van der Waals surface area (Å²) in [6, 6.07) is 12.2. The molecule has 1 aliphatic heterocycles. The summed E-state index contributed by atoms with van der Waals surface area (Å²) < 4.78 is 42.9. The quantitative estimate of drug-likeness (QED) is 0.723. The predicted molar refractivity (Wildman–Crippen MR) is 98.6 cm³/mol. The summed E-state index contributed by atoms with van der Waals surface area (Å²) in [6.45, 7) is 0.174. The molecule has 0 saturated heterocycles. The van der Waals surface area contributed by atoms with Crippen LogP contribution in [0.5, 0.6) is 0 Å². The largest absolute Gasteiger partial charge is 0.465 e. The third-order valence-corrected chi connectivity index (χ3v) is 4.47. The fourth-order valence-corrected chi connectivity index (χ4v) is 2.70. The second kappa shape index (κ2) is 8.15. The van der Waals surface area contributed by atoms with Crippen LogP contribution in [0, 0.1) is 0 Å². The van der Waals surface area contributed by atoms with Gasteiger partial charge in [0.05, 0.1) is 24.8 Å². The van der Waals surface area contributed by atoms with Gasteiger partial charge in [0.15, 0.2) is 0 Å². The fraction of sp³-hybridized carbons (Fsp3) is 0.250. The first-order valence-corrected chi connectivity index (χ1v) is 8.73. The first kappa shape index (κ1) is 21.3. The summed E-state index contributed by atoms with van der Waals surface area (Å²) in [4.78, 5) is 27.8. The Balaban J connectivity index is 1.58. The monoisotopic (exact) mass is 422 g/mol. The van der Waals surface area contributed by atoms with E-state index < -0.39 is 24.4 Å². The van der Waals surface area contributed by atoms with Crippen molar-refractivity contribution in [3.05, 3.63) is 70.8 Å². The van der Waals surface area contributed by atoms with Crippen molar-refractivity contribution in [2.75, 3.05) is 7.11 Å². The Hall–Kier alpha value is -3.40. The molecule has 158 valence electrons. The molecule has 0 spiro atoms. The zero-order valence-electron chi connectivity index (χ0n) is 15.7. The molecule has 1 atom stereocenters. The van der Waals surface area contributed by atoms with Crippen molar-refractivity contribution in [1.29, 1.82) is 0 Å². The zero-order chi connectivity index (χ0) is 21.9. The number of benzene rings is 2. The first-order chi connectivity index (χ1) is 14.1. The maximum Gasteiger partial charge on any atom is 0.458 e. The smallest absolute Gasteiger partial charge is 0.458 e. The first-order valence-electron chi connectivity index (χ1n) is 8.73. The number of hydrogen-bond acceptors (Lipinski definition) is 6. The topological polar surface area (TPSA) is 97.2 Å². The van der Waals surface area contributed by atoms with Crippen LogP contribution in [0.25, 0.3) is 0 Å². The van der Waals surface area contributed by atoms with E-state index in [1.54, 1.807) is 12.1 Å². The lowest BCUT2D eigenvalue weighted by molar-refractivity contribution is -0.355. The average Bonchev–Trinajstić information content (AvgIpc) is 3.15. The second-order valence-corrected chi connectivity index (χ2v) is 6.54. The van der Waals surface area contributed by atoms with E-state index >= 15 is 0 Å². The molecule has 0 aromatic heterocycles. The Bertz CT molecular complexity index is 971. The van der Waals surface area contributed by atoms with Crippen LogP contribution in [0.1, 0.15) is 38.3 Å². The number of carbonyl (C=O) groups excluding carboxylic acids is 2. The van der Waals surface area contributed by atoms with Gasteiger partial charge in [0.25, 0.3) is 5.91 Å². The van der Waals surface area contributed by atoms with Gasteiger partial charge >= 0.3 is 17.9 Å². The molecule has 2 aromatic carbocycles. The molecule has 1 aliphatic rings. The lowest BCUT2D eigenvalue weighted by Crippen LogP contribution is -2.45. The highest BCUT2D eigenvalue weighted by Crippen LogP contribution is 2.38. The van der Waals surface area contributed by atoms with Crippen LogP contribution in [0.15, 0.2) is 53.7 Å². The van der Waals surface area contributed by atoms with Crippen molar-refractivity contribution >= 4 is 17.6 Å². The Morgan fingerprint density at radius 2 is 1.73 bits per heavy atom. The van der Waals surface area contributed by atoms with E-state index in [4.69, 9.17) is 0 Å². The van der Waals surface area contributed by atoms with Crippen LogP contribution in [-0.2, 0) is 16.1 Å². The fourth-order valence-electron chi connectivity index (χ4n) is 2.70. The Morgan fingerprint density at radius 3 is 2.27 bits per heavy atom. The molecule has 1 amide bonds. The van der Waals surface area contributed by atoms with E-state index in [2.05, 4.69) is 20.0 Å². The van der Waals surface area contributed by atoms with Crippen LogP contribution in [0.3, 0.4) is 0 Å². The van der Waals surface area contributed by atoms with Gasteiger partial charge in [-0.1, -0.05) is 29.4 Å². The molecule has 0 saturated carbocycles. The number of nitrogens with zero attached hydrogens (tertiary/aromatic N) is 1. The summed E-state index contributed by atoms with van der Waals surface area (Å²) >= 11 is 0. The highest BCUT2D eigenvalue weighted by atomic mass is 19.4. The molecule has 30 heavy (non-hydrogen) atoms. The zero-order valence-corrected chi connectivity index (χ0v) is 15.7. The van der Waals surface area contributed by atoms with Gasteiger partial charge in [0.2, 0.25) is 0 Å². The van der Waals surface area contributed by atoms with Crippen molar-refractivity contribution in [3.63, 3.8) is 0 Å². The maximum atomic E-state index is 12.8. The molecule has 1 heterocycles. The number of alkyl halides is 3. The summed E-state index contributed by atoms with van der Waals surface area (Å²) in [6.07, 6.45) is -5.77. The van der Waals surface area contributed by atoms with Gasteiger partial charge < -0.3 is 20.0 Å². The predicted octanol–water partition coefficient (Wildman–Crippen LogP) is 2.78. The highest BCUT2D eigenvalue weighted by molar-refractivity contribution is 6.01. The summed E-state index contributed by atoms with van der Waals surface area (Å²) in [5, 5.41) is 15.5. The number of halogens is 3. The molecule has 0 aliphatic carbocycles. The van der Waals surface area contributed by atoms with Crippen LogP contribution in [0.4, 0.5) is 13.2 Å². The Morgan fingerprint density at radius 1 is 1.13 bits per heavy atom. The van der Waals surface area contributed by atoms with Gasteiger partial charge in [-0.05, 0) is 35.4 Å². The van der Waals surface area contributed by atoms with Crippen LogP contribution >= 0.6 is 0 Å². The molecule has 2 aromatic rings. The van der Waals surface area contributed by atoms with Crippen LogP contribution in [-0.4, -0.2) is 41.8 Å². The van der Waals surface area contributed by atoms with E-state index in [1.807, 2.05) is 0 Å². The van der Waals surface area contributed by atoms with Crippen LogP contribution in [0.2, 0.25) is 0 Å². The lowest BCUT2D eigenvalue weighted by Gasteiger charge is -2.22. The van der Waals surface area contributed by atoms with Gasteiger partial charge in [-0.25, -0.2) is 4.79 Å². The summed E-state index contributed by atoms with van der Waals surface area (Å²) in [5.74, 6) is -4.19. The van der Waals surface area contributed by atoms with E-state index in [-0.39, 0.29) is 18.2 Å². The molecular weight excluding hydrogens is 405 g/mol. The van der Waals surface area contributed by atoms with Gasteiger partial charge in [0, 0.05) is 12.1 Å². The Kier molecular flexibility index (Phi) is 5.79. The van der Waals surface area contributed by atoms with Crippen molar-refractivity contribution in [2.45, 2.75) is 24.9 Å². The number of oxime groups is 1. The van der Waals surface area contributed by atoms with E-state index in [0.717, 1.165) is 0 Å². The number of nitrogens with one attached hydrogen (secondary N) is 1. The third kappa shape index (κ3) is 4.43. The van der Waals surface area contributed by atoms with Gasteiger partial charge in [0.1, 0.15) is 0 Å². The van der Waals surface area contributed by atoms with E-state index in [0.29, 0.717) is 22.3 Å². The van der Waals surface area contributed by atoms with Crippen molar-refractivity contribution in [3.8, 4) is 0 Å². The number of hydrogen-bond donors (Lipinski definition) is 2. The minimum absolute atomic E-state index is 0.0314. The molecule has 7 nitrogen and oxygen atoms in total. The maximum absolute atomic E-state index is 12.8. The van der Waals surface area contributed by atoms with Gasteiger partial charge in [-0.15, -0.1) is 0 Å². The summed E-state index contributed by atoms with van der Waals surface area (Å²) in [5.41, 5.74) is 1.70. The lowest BCUT2D eigenvalue weighted by atomic mass is 10.0. The minimum atomic E-state index is -4.96. The van der Waals surface area contributed by atoms with E-state index in [9.17, 15) is 27.9 Å². The number of esters is 1. The second-order valence-electron chi connectivity index (χ2n) is 6.54. The van der Waals surface area contributed by atoms with Gasteiger partial charge in [-0.2, -0.15) is 13.2 Å². The van der Waals surface area contributed by atoms with Crippen LogP contribution < -0.4 is 5.32 Å². The van der Waals surface area contributed by atoms with E-state index in [1.165, 1.54) is 43.5 Å². The number of amides is 1. The number of carbonyl (C=O) groups is 2. The molecular formula is C20H17F3N2O5. The number of ether oxygens (including phenoxy) is 1. The molecule has 0 fully saturated rings. The average molecular weight is 422 g/mol. The number of methoxy groups -OCH3 is 1. The Labute approximate surface area is 169 Å². The molecule has 3 rings (SSSR count). The highest BCUT2D eigenvalue weighted by Gasteiger charge is 2.60. The SMILES string of the molecule is COC(=O)c1ccc(C(=O)NCc2ccc(C3=NOC(O)(C(F)(F)F)C3)cc2)cc1. The van der Waals surface area contributed by atoms with Crippen molar-refractivity contribution < 1.29 is 37.4 Å². The summed E-state index contributed by atoms with van der Waals surface area (Å²) in [7, 11) is 1.26. The molecule has 1 unspecified atom stereocenters. The van der Waals surface area contributed by atoms with Gasteiger partial charge in [-0.3, -0.25) is 4.79 Å². The number of rotatable bonds is 5. The molecule has 0 bridgehead atoms. The normalized spacial score (nSPS) is 18.4. The minimum Gasteiger partial charge on any atom is -0.465 e. The third-order valence-electron chi connectivity index (χ3n) is 4.47. The standard InChI is InChI=1S/C20H17F3N2O5/c1-29-18(27)15-8-6-14(7-9-15)17(26)24-11-12-2-4-13(5-3-12)16-10-19(28,30-25-16)20(21,22)23/h2-9,28H,10-11H2,1H3,(H,24,26). The molecule has 10 heteroatoms. The molecule has 2 N–H and O–H groups in total. The molecule has 0 radical (unpaired) electrons. The van der Waals surface area contributed by atoms with Crippen molar-refractivity contribution in [2.24, 2.45) is 5.16 Å². The number of aliphatic hydroxyl groups is 1. The van der Waals surface area contributed by atoms with Crippen molar-refractivity contribution in [1.82, 2.24) is 5.32 Å².